The molecule has 0 aliphatic heterocycles. The third-order valence-corrected chi connectivity index (χ3v) is 4.17. The highest BCUT2D eigenvalue weighted by molar-refractivity contribution is 9.10. The van der Waals surface area contributed by atoms with Gasteiger partial charge in [0.25, 0.3) is 0 Å². The summed E-state index contributed by atoms with van der Waals surface area (Å²) in [7, 11) is 1.70. The Balaban J connectivity index is 2.10. The van der Waals surface area contributed by atoms with Crippen molar-refractivity contribution in [3.8, 4) is 0 Å². The molecule has 0 bridgehead atoms. The predicted octanol–water partition coefficient (Wildman–Crippen LogP) is 1.90. The number of halogens is 1. The SMILES string of the molecule is COCCNC1(CO)CCc2cc(Br)ccc2C1. The number of rotatable bonds is 5. The van der Waals surface area contributed by atoms with Gasteiger partial charge in [0.2, 0.25) is 0 Å². The van der Waals surface area contributed by atoms with Gasteiger partial charge in [0.1, 0.15) is 0 Å². The van der Waals surface area contributed by atoms with Crippen molar-refractivity contribution in [2.24, 2.45) is 0 Å². The van der Waals surface area contributed by atoms with Crippen molar-refractivity contribution in [3.05, 3.63) is 33.8 Å². The molecule has 0 spiro atoms. The van der Waals surface area contributed by atoms with Crippen LogP contribution >= 0.6 is 15.9 Å². The average molecular weight is 314 g/mol. The van der Waals surface area contributed by atoms with E-state index in [-0.39, 0.29) is 12.1 Å². The number of fused-ring (bicyclic) bond motifs is 1. The lowest BCUT2D eigenvalue weighted by Crippen LogP contribution is -2.53. The summed E-state index contributed by atoms with van der Waals surface area (Å²) in [5.74, 6) is 0. The summed E-state index contributed by atoms with van der Waals surface area (Å²) in [6.45, 7) is 1.63. The molecule has 0 radical (unpaired) electrons. The lowest BCUT2D eigenvalue weighted by Gasteiger charge is -2.38. The maximum Gasteiger partial charge on any atom is 0.0616 e. The van der Waals surface area contributed by atoms with Gasteiger partial charge in [-0.2, -0.15) is 0 Å². The molecular formula is C14H20BrNO2. The third-order valence-electron chi connectivity index (χ3n) is 3.68. The molecule has 1 aromatic carbocycles. The summed E-state index contributed by atoms with van der Waals surface area (Å²) in [6, 6.07) is 6.41. The van der Waals surface area contributed by atoms with E-state index in [9.17, 15) is 5.11 Å². The van der Waals surface area contributed by atoms with Crippen LogP contribution in [0.3, 0.4) is 0 Å². The Morgan fingerprint density at radius 2 is 2.28 bits per heavy atom. The van der Waals surface area contributed by atoms with Crippen molar-refractivity contribution < 1.29 is 9.84 Å². The zero-order valence-electron chi connectivity index (χ0n) is 10.7. The molecule has 18 heavy (non-hydrogen) atoms. The Morgan fingerprint density at radius 3 is 3.00 bits per heavy atom. The van der Waals surface area contributed by atoms with Gasteiger partial charge in [-0.1, -0.05) is 22.0 Å². The Kier molecular flexibility index (Phi) is 4.78. The topological polar surface area (TPSA) is 41.5 Å². The predicted molar refractivity (Wildman–Crippen MR) is 75.9 cm³/mol. The number of aliphatic hydroxyl groups excluding tert-OH is 1. The monoisotopic (exact) mass is 313 g/mol. The summed E-state index contributed by atoms with van der Waals surface area (Å²) in [5, 5.41) is 13.2. The second-order valence-electron chi connectivity index (χ2n) is 4.95. The molecule has 3 nitrogen and oxygen atoms in total. The molecule has 1 atom stereocenters. The smallest absolute Gasteiger partial charge is 0.0616 e. The van der Waals surface area contributed by atoms with Gasteiger partial charge in [-0.3, -0.25) is 0 Å². The van der Waals surface area contributed by atoms with Crippen LogP contribution < -0.4 is 5.32 Å². The number of aliphatic hydroxyl groups is 1. The van der Waals surface area contributed by atoms with Crippen LogP contribution in [0.15, 0.2) is 22.7 Å². The second-order valence-corrected chi connectivity index (χ2v) is 5.86. The molecule has 0 fully saturated rings. The molecule has 1 aliphatic carbocycles. The number of aryl methyl sites for hydroxylation is 1. The van der Waals surface area contributed by atoms with Gasteiger partial charge in [0.05, 0.1) is 13.2 Å². The van der Waals surface area contributed by atoms with E-state index in [0.29, 0.717) is 6.61 Å². The first-order valence-electron chi connectivity index (χ1n) is 6.31. The van der Waals surface area contributed by atoms with Gasteiger partial charge in [0, 0.05) is 23.7 Å². The molecule has 4 heteroatoms. The standard InChI is InChI=1S/C14H20BrNO2/c1-18-7-6-16-14(10-17)5-4-11-8-13(15)3-2-12(11)9-14/h2-3,8,16-17H,4-7,9-10H2,1H3. The number of hydrogen-bond donors (Lipinski definition) is 2. The van der Waals surface area contributed by atoms with Crippen LogP contribution in [-0.2, 0) is 17.6 Å². The van der Waals surface area contributed by atoms with E-state index in [1.165, 1.54) is 11.1 Å². The van der Waals surface area contributed by atoms with Crippen LogP contribution in [-0.4, -0.2) is 37.5 Å². The van der Waals surface area contributed by atoms with E-state index < -0.39 is 0 Å². The van der Waals surface area contributed by atoms with Crippen LogP contribution in [0.1, 0.15) is 17.5 Å². The minimum Gasteiger partial charge on any atom is -0.394 e. The Labute approximate surface area is 117 Å². The highest BCUT2D eigenvalue weighted by Gasteiger charge is 2.33. The fourth-order valence-electron chi connectivity index (χ4n) is 2.59. The van der Waals surface area contributed by atoms with Crippen molar-refractivity contribution in [3.63, 3.8) is 0 Å². The summed E-state index contributed by atoms with van der Waals surface area (Å²) in [5.41, 5.74) is 2.55. The number of ether oxygens (including phenoxy) is 1. The molecule has 2 rings (SSSR count). The van der Waals surface area contributed by atoms with E-state index in [1.54, 1.807) is 7.11 Å². The molecule has 0 heterocycles. The highest BCUT2D eigenvalue weighted by Crippen LogP contribution is 2.30. The summed E-state index contributed by atoms with van der Waals surface area (Å²) in [6.07, 6.45) is 2.86. The van der Waals surface area contributed by atoms with E-state index >= 15 is 0 Å². The van der Waals surface area contributed by atoms with Crippen molar-refractivity contribution >= 4 is 15.9 Å². The van der Waals surface area contributed by atoms with Crippen LogP contribution in [0.2, 0.25) is 0 Å². The lowest BCUT2D eigenvalue weighted by molar-refractivity contribution is 0.126. The molecule has 1 aromatic rings. The van der Waals surface area contributed by atoms with Crippen molar-refractivity contribution in [2.75, 3.05) is 26.9 Å². The maximum absolute atomic E-state index is 9.71. The van der Waals surface area contributed by atoms with Gasteiger partial charge in [0.15, 0.2) is 0 Å². The van der Waals surface area contributed by atoms with Gasteiger partial charge in [-0.25, -0.2) is 0 Å². The third kappa shape index (κ3) is 3.12. The normalized spacial score (nSPS) is 22.8. The van der Waals surface area contributed by atoms with E-state index in [0.717, 1.165) is 30.3 Å². The molecular weight excluding hydrogens is 294 g/mol. The fraction of sp³-hybridized carbons (Fsp3) is 0.571. The zero-order chi connectivity index (χ0) is 13.0. The number of nitrogens with one attached hydrogen (secondary N) is 1. The number of benzene rings is 1. The molecule has 0 saturated carbocycles. The van der Waals surface area contributed by atoms with Crippen molar-refractivity contribution in [1.29, 1.82) is 0 Å². The molecule has 0 saturated heterocycles. The summed E-state index contributed by atoms with van der Waals surface area (Å²) in [4.78, 5) is 0. The highest BCUT2D eigenvalue weighted by atomic mass is 79.9. The first kappa shape index (κ1) is 14.0. The van der Waals surface area contributed by atoms with Crippen LogP contribution in [0.4, 0.5) is 0 Å². The largest absolute Gasteiger partial charge is 0.394 e. The average Bonchev–Trinajstić information content (AvgIpc) is 2.39. The number of methoxy groups -OCH3 is 1. The van der Waals surface area contributed by atoms with Crippen LogP contribution in [0.25, 0.3) is 0 Å². The minimum atomic E-state index is -0.181. The Bertz CT molecular complexity index is 411. The molecule has 1 unspecified atom stereocenters. The minimum absolute atomic E-state index is 0.173. The van der Waals surface area contributed by atoms with Crippen LogP contribution in [0, 0.1) is 0 Å². The molecule has 100 valence electrons. The Morgan fingerprint density at radius 1 is 1.44 bits per heavy atom. The molecule has 0 aromatic heterocycles. The van der Waals surface area contributed by atoms with Gasteiger partial charge in [-0.05, 0) is 42.5 Å². The molecule has 1 aliphatic rings. The first-order chi connectivity index (χ1) is 8.69. The van der Waals surface area contributed by atoms with Crippen molar-refractivity contribution in [1.82, 2.24) is 5.32 Å². The summed E-state index contributed by atoms with van der Waals surface area (Å²) >= 11 is 3.51. The van der Waals surface area contributed by atoms with Gasteiger partial charge < -0.3 is 15.2 Å². The zero-order valence-corrected chi connectivity index (χ0v) is 12.3. The van der Waals surface area contributed by atoms with E-state index in [4.69, 9.17) is 4.74 Å². The van der Waals surface area contributed by atoms with Gasteiger partial charge >= 0.3 is 0 Å². The van der Waals surface area contributed by atoms with E-state index in [2.05, 4.69) is 39.4 Å². The number of hydrogen-bond acceptors (Lipinski definition) is 3. The van der Waals surface area contributed by atoms with E-state index in [1.807, 2.05) is 0 Å². The maximum atomic E-state index is 9.71. The van der Waals surface area contributed by atoms with Crippen LogP contribution in [0.5, 0.6) is 0 Å². The Hall–Kier alpha value is -0.420. The second kappa shape index (κ2) is 6.15. The quantitative estimate of drug-likeness (QED) is 0.816. The van der Waals surface area contributed by atoms with Crippen molar-refractivity contribution in [2.45, 2.75) is 24.8 Å². The molecule has 0 amide bonds. The summed E-state index contributed by atoms with van der Waals surface area (Å²) < 4.78 is 6.19. The molecule has 2 N–H and O–H groups in total. The van der Waals surface area contributed by atoms with Gasteiger partial charge in [-0.15, -0.1) is 0 Å². The lowest BCUT2D eigenvalue weighted by atomic mass is 9.78. The first-order valence-corrected chi connectivity index (χ1v) is 7.10. The fourth-order valence-corrected chi connectivity index (χ4v) is 3.00.